The van der Waals surface area contributed by atoms with Gasteiger partial charge in [0.2, 0.25) is 0 Å². The molecule has 0 aliphatic rings. The summed E-state index contributed by atoms with van der Waals surface area (Å²) in [7, 11) is 0. The van der Waals surface area contributed by atoms with E-state index < -0.39 is 23.5 Å². The zero-order chi connectivity index (χ0) is 20.0. The van der Waals surface area contributed by atoms with Gasteiger partial charge in [0.15, 0.2) is 0 Å². The third kappa shape index (κ3) is 9.00. The Balaban J connectivity index is 2.51. The average molecular weight is 368 g/mol. The number of hydrogen-bond acceptors (Lipinski definition) is 7. The first-order valence-electron chi connectivity index (χ1n) is 8.24. The number of rotatable bonds is 5. The van der Waals surface area contributed by atoms with Crippen molar-refractivity contribution >= 4 is 23.6 Å². The molecule has 3 N–H and O–H groups in total. The van der Waals surface area contributed by atoms with Crippen molar-refractivity contribution in [2.75, 3.05) is 24.3 Å². The normalized spacial score (nSPS) is 11.5. The van der Waals surface area contributed by atoms with Crippen LogP contribution in [-0.2, 0) is 14.2 Å². The Hall–Kier alpha value is -2.64. The van der Waals surface area contributed by atoms with E-state index in [-0.39, 0.29) is 13.2 Å². The van der Waals surface area contributed by atoms with Crippen LogP contribution in [0.4, 0.5) is 21.0 Å². The van der Waals surface area contributed by atoms with Crippen LogP contribution in [0.2, 0.25) is 0 Å². The zero-order valence-corrected chi connectivity index (χ0v) is 16.2. The maximum Gasteiger partial charge on any atom is 0.508 e. The number of nitrogens with two attached hydrogens (primary N) is 1. The Morgan fingerprint density at radius 2 is 1.62 bits per heavy atom. The summed E-state index contributed by atoms with van der Waals surface area (Å²) in [5.41, 5.74) is 5.34. The molecule has 0 aliphatic heterocycles. The summed E-state index contributed by atoms with van der Waals surface area (Å²) in [5.74, 6) is 0.457. The lowest BCUT2D eigenvalue weighted by Gasteiger charge is -2.20. The lowest BCUT2D eigenvalue weighted by atomic mass is 10.2. The zero-order valence-electron chi connectivity index (χ0n) is 16.2. The Morgan fingerprint density at radius 3 is 2.19 bits per heavy atom. The number of anilines is 2. The molecule has 0 aliphatic carbocycles. The number of carbonyl (C=O) groups excluding carboxylic acids is 2. The molecule has 1 aromatic rings. The molecule has 0 heterocycles. The van der Waals surface area contributed by atoms with Gasteiger partial charge in [-0.25, -0.2) is 9.59 Å². The maximum absolute atomic E-state index is 11.8. The Labute approximate surface area is 153 Å². The molecule has 0 bridgehead atoms. The van der Waals surface area contributed by atoms with Crippen LogP contribution in [0.15, 0.2) is 18.2 Å². The van der Waals surface area contributed by atoms with Gasteiger partial charge in [-0.2, -0.15) is 0 Å². The van der Waals surface area contributed by atoms with Crippen molar-refractivity contribution in [2.45, 2.75) is 52.7 Å². The highest BCUT2D eigenvalue weighted by molar-refractivity contribution is 5.89. The van der Waals surface area contributed by atoms with E-state index in [0.29, 0.717) is 17.1 Å². The predicted octanol–water partition coefficient (Wildman–Crippen LogP) is 3.95. The van der Waals surface area contributed by atoms with E-state index >= 15 is 0 Å². The minimum Gasteiger partial charge on any atom is -0.490 e. The molecule has 1 amide bonds. The van der Waals surface area contributed by atoms with Crippen molar-refractivity contribution in [2.24, 2.45) is 0 Å². The number of benzene rings is 1. The first kappa shape index (κ1) is 21.4. The van der Waals surface area contributed by atoms with Crippen LogP contribution >= 0.6 is 0 Å². The molecule has 26 heavy (non-hydrogen) atoms. The summed E-state index contributed by atoms with van der Waals surface area (Å²) >= 11 is 0. The molecule has 0 fully saturated rings. The van der Waals surface area contributed by atoms with Crippen LogP contribution in [0.25, 0.3) is 0 Å². The summed E-state index contributed by atoms with van der Waals surface area (Å²) in [6.45, 7) is 10.7. The number of carbonyl (C=O) groups is 2. The highest BCUT2D eigenvalue weighted by Gasteiger charge is 2.18. The molecule has 0 spiro atoms. The summed E-state index contributed by atoms with van der Waals surface area (Å²) in [6, 6.07) is 4.80. The second kappa shape index (κ2) is 8.64. The first-order valence-corrected chi connectivity index (χ1v) is 8.24. The third-order valence-electron chi connectivity index (χ3n) is 2.62. The van der Waals surface area contributed by atoms with E-state index in [1.807, 2.05) is 0 Å². The van der Waals surface area contributed by atoms with Gasteiger partial charge >= 0.3 is 12.2 Å². The van der Waals surface area contributed by atoms with Crippen molar-refractivity contribution in [1.29, 1.82) is 0 Å². The molecular formula is C18H28N2O6. The van der Waals surface area contributed by atoms with Crippen molar-refractivity contribution in [3.05, 3.63) is 18.2 Å². The molecular weight excluding hydrogens is 340 g/mol. The van der Waals surface area contributed by atoms with Gasteiger partial charge in [-0.1, -0.05) is 0 Å². The summed E-state index contributed by atoms with van der Waals surface area (Å²) in [5, 5.41) is 2.57. The fraction of sp³-hybridized carbons (Fsp3) is 0.556. The van der Waals surface area contributed by atoms with Crippen molar-refractivity contribution in [3.8, 4) is 5.75 Å². The molecule has 1 aromatic carbocycles. The van der Waals surface area contributed by atoms with Crippen LogP contribution in [0.1, 0.15) is 41.5 Å². The molecule has 1 rings (SSSR count). The van der Waals surface area contributed by atoms with Gasteiger partial charge in [0.05, 0.1) is 11.4 Å². The largest absolute Gasteiger partial charge is 0.508 e. The fourth-order valence-corrected chi connectivity index (χ4v) is 1.71. The Morgan fingerprint density at radius 1 is 1.00 bits per heavy atom. The molecule has 146 valence electrons. The SMILES string of the molecule is CC(C)(C)OC(=O)Nc1cc(OCCOC(=O)OC(C)(C)C)ccc1N. The fourth-order valence-electron chi connectivity index (χ4n) is 1.71. The van der Waals surface area contributed by atoms with E-state index in [4.69, 9.17) is 24.7 Å². The number of hydrogen-bond donors (Lipinski definition) is 2. The number of nitrogen functional groups attached to an aromatic ring is 1. The van der Waals surface area contributed by atoms with E-state index in [0.717, 1.165) is 0 Å². The number of ether oxygens (including phenoxy) is 4. The summed E-state index contributed by atoms with van der Waals surface area (Å²) in [4.78, 5) is 23.3. The van der Waals surface area contributed by atoms with Crippen molar-refractivity contribution in [3.63, 3.8) is 0 Å². The van der Waals surface area contributed by atoms with Crippen LogP contribution in [0, 0.1) is 0 Å². The minimum atomic E-state index is -0.759. The van der Waals surface area contributed by atoms with Crippen LogP contribution < -0.4 is 15.8 Å². The van der Waals surface area contributed by atoms with Crippen molar-refractivity contribution in [1.82, 2.24) is 0 Å². The quantitative estimate of drug-likeness (QED) is 0.460. The van der Waals surface area contributed by atoms with Gasteiger partial charge < -0.3 is 24.7 Å². The van der Waals surface area contributed by atoms with Crippen LogP contribution in [-0.4, -0.2) is 36.7 Å². The maximum atomic E-state index is 11.8. The second-order valence-corrected chi connectivity index (χ2v) is 7.54. The molecule has 0 unspecified atom stereocenters. The summed E-state index contributed by atoms with van der Waals surface area (Å²) < 4.78 is 20.6. The van der Waals surface area contributed by atoms with Gasteiger partial charge in [-0.15, -0.1) is 0 Å². The third-order valence-corrected chi connectivity index (χ3v) is 2.62. The number of nitrogens with one attached hydrogen (secondary N) is 1. The highest BCUT2D eigenvalue weighted by atomic mass is 16.7. The van der Waals surface area contributed by atoms with Gasteiger partial charge in [0, 0.05) is 6.07 Å². The van der Waals surface area contributed by atoms with E-state index in [1.54, 1.807) is 59.7 Å². The predicted molar refractivity (Wildman–Crippen MR) is 98.4 cm³/mol. The van der Waals surface area contributed by atoms with Gasteiger partial charge in [0.25, 0.3) is 0 Å². The topological polar surface area (TPSA) is 109 Å². The lowest BCUT2D eigenvalue weighted by Crippen LogP contribution is -2.27. The lowest BCUT2D eigenvalue weighted by molar-refractivity contribution is -0.0114. The van der Waals surface area contributed by atoms with Crippen LogP contribution in [0.3, 0.4) is 0 Å². The van der Waals surface area contributed by atoms with E-state index in [1.165, 1.54) is 0 Å². The number of amides is 1. The molecule has 0 saturated carbocycles. The van der Waals surface area contributed by atoms with Crippen molar-refractivity contribution < 1.29 is 28.5 Å². The second-order valence-electron chi connectivity index (χ2n) is 7.54. The van der Waals surface area contributed by atoms with E-state index in [9.17, 15) is 9.59 Å². The first-order chi connectivity index (χ1) is 11.9. The smallest absolute Gasteiger partial charge is 0.490 e. The van der Waals surface area contributed by atoms with E-state index in [2.05, 4.69) is 5.32 Å². The monoisotopic (exact) mass is 368 g/mol. The molecule has 8 heteroatoms. The standard InChI is InChI=1S/C18H28N2O6/c1-17(2,3)25-15(21)20-14-11-12(7-8-13(14)19)23-9-10-24-16(22)26-18(4,5)6/h7-8,11H,9-10,19H2,1-6H3,(H,20,21). The van der Waals surface area contributed by atoms with Gasteiger partial charge in [-0.3, -0.25) is 5.32 Å². The molecule has 0 aromatic heterocycles. The highest BCUT2D eigenvalue weighted by Crippen LogP contribution is 2.25. The average Bonchev–Trinajstić information content (AvgIpc) is 2.43. The summed E-state index contributed by atoms with van der Waals surface area (Å²) in [6.07, 6.45) is -1.37. The van der Waals surface area contributed by atoms with Gasteiger partial charge in [0.1, 0.15) is 30.2 Å². The molecule has 8 nitrogen and oxygen atoms in total. The molecule has 0 radical (unpaired) electrons. The Kier molecular flexibility index (Phi) is 7.11. The van der Waals surface area contributed by atoms with Gasteiger partial charge in [-0.05, 0) is 53.7 Å². The van der Waals surface area contributed by atoms with Crippen LogP contribution in [0.5, 0.6) is 5.75 Å². The minimum absolute atomic E-state index is 0.0219. The molecule has 0 atom stereocenters. The Bertz CT molecular complexity index is 632. The molecule has 0 saturated heterocycles.